The number of halogens is 4. The Bertz CT molecular complexity index is 1630. The van der Waals surface area contributed by atoms with Crippen molar-refractivity contribution >= 4 is 23.3 Å². The van der Waals surface area contributed by atoms with Gasteiger partial charge < -0.3 is 15.8 Å². The van der Waals surface area contributed by atoms with Gasteiger partial charge in [-0.3, -0.25) is 4.90 Å². The molecule has 5 rings (SSSR count). The molecule has 3 aromatic carbocycles. The fraction of sp³-hybridized carbons (Fsp3) is 0.312. The number of nitrogens with one attached hydrogen (secondary N) is 1. The summed E-state index contributed by atoms with van der Waals surface area (Å²) in [6.07, 6.45) is -3.96. The van der Waals surface area contributed by atoms with Crippen LogP contribution in [-0.4, -0.2) is 33.9 Å². The molecule has 3 N–H and O–H groups in total. The van der Waals surface area contributed by atoms with E-state index in [1.165, 1.54) is 12.1 Å². The number of fused-ring (bicyclic) bond motifs is 1. The van der Waals surface area contributed by atoms with Crippen LogP contribution in [0.2, 0.25) is 5.02 Å². The van der Waals surface area contributed by atoms with Gasteiger partial charge in [0, 0.05) is 47.9 Å². The number of carbonyl (C=O) groups is 1. The minimum atomic E-state index is -4.52. The number of primary amides is 1. The third-order valence-electron chi connectivity index (χ3n) is 7.30. The van der Waals surface area contributed by atoms with Crippen LogP contribution in [0.15, 0.2) is 60.7 Å². The van der Waals surface area contributed by atoms with E-state index in [0.717, 1.165) is 39.8 Å². The fourth-order valence-corrected chi connectivity index (χ4v) is 5.52. The largest absolute Gasteiger partial charge is 0.491 e. The number of aromatic nitrogens is 2. The van der Waals surface area contributed by atoms with Gasteiger partial charge in [0.05, 0.1) is 23.6 Å². The maximum atomic E-state index is 13.9. The molecule has 43 heavy (non-hydrogen) atoms. The number of hydrogen-bond acceptors (Lipinski definition) is 4. The Kier molecular flexibility index (Phi) is 8.71. The third kappa shape index (κ3) is 6.81. The molecular formula is C32H33ClF3N5O2. The van der Waals surface area contributed by atoms with E-state index >= 15 is 0 Å². The lowest BCUT2D eigenvalue weighted by Crippen LogP contribution is -2.30. The summed E-state index contributed by atoms with van der Waals surface area (Å²) in [5, 5.41) is 7.67. The smallest absolute Gasteiger partial charge is 0.416 e. The number of rotatable bonds is 8. The summed E-state index contributed by atoms with van der Waals surface area (Å²) in [4.78, 5) is 13.4. The molecule has 0 fully saturated rings. The van der Waals surface area contributed by atoms with Crippen LogP contribution in [0.1, 0.15) is 41.8 Å². The Labute approximate surface area is 253 Å². The van der Waals surface area contributed by atoms with Gasteiger partial charge in [-0.15, -0.1) is 0 Å². The molecule has 1 aliphatic rings. The zero-order valence-corrected chi connectivity index (χ0v) is 24.9. The van der Waals surface area contributed by atoms with E-state index in [4.69, 9.17) is 27.2 Å². The maximum Gasteiger partial charge on any atom is 0.416 e. The molecule has 1 aromatic heterocycles. The van der Waals surface area contributed by atoms with Crippen molar-refractivity contribution in [2.75, 3.05) is 18.5 Å². The number of para-hydroxylation sites is 1. The summed E-state index contributed by atoms with van der Waals surface area (Å²) < 4.78 is 49.7. The average Bonchev–Trinajstić information content (AvgIpc) is 3.30. The quantitative estimate of drug-likeness (QED) is 0.215. The van der Waals surface area contributed by atoms with Crippen molar-refractivity contribution in [3.63, 3.8) is 0 Å². The molecule has 0 radical (unpaired) electrons. The van der Waals surface area contributed by atoms with Gasteiger partial charge in [-0.25, -0.2) is 9.48 Å². The van der Waals surface area contributed by atoms with Crippen molar-refractivity contribution < 1.29 is 22.7 Å². The van der Waals surface area contributed by atoms with Gasteiger partial charge in [-0.2, -0.15) is 18.3 Å². The predicted octanol–water partition coefficient (Wildman–Crippen LogP) is 7.60. The lowest BCUT2D eigenvalue weighted by Gasteiger charge is -2.28. The number of ether oxygens (including phenoxy) is 1. The Morgan fingerprint density at radius 2 is 1.88 bits per heavy atom. The van der Waals surface area contributed by atoms with Crippen molar-refractivity contribution in [3.05, 3.63) is 93.6 Å². The lowest BCUT2D eigenvalue weighted by atomic mass is 9.99. The van der Waals surface area contributed by atoms with Crippen LogP contribution in [0.25, 0.3) is 16.9 Å². The highest BCUT2D eigenvalue weighted by Crippen LogP contribution is 2.39. The number of urea groups is 1. The van der Waals surface area contributed by atoms with Crippen LogP contribution in [-0.2, 0) is 25.7 Å². The number of alkyl halides is 3. The minimum Gasteiger partial charge on any atom is -0.491 e. The Morgan fingerprint density at radius 1 is 1.14 bits per heavy atom. The number of nitrogens with two attached hydrogens (primary N) is 1. The monoisotopic (exact) mass is 611 g/mol. The zero-order chi connectivity index (χ0) is 30.9. The van der Waals surface area contributed by atoms with E-state index in [1.807, 2.05) is 46.8 Å². The summed E-state index contributed by atoms with van der Waals surface area (Å²) in [5.74, 6) is 1.00. The molecule has 2 heterocycles. The van der Waals surface area contributed by atoms with E-state index < -0.39 is 17.8 Å². The molecule has 0 atom stereocenters. The van der Waals surface area contributed by atoms with Crippen molar-refractivity contribution in [1.82, 2.24) is 14.7 Å². The molecule has 0 aliphatic carbocycles. The first-order valence-corrected chi connectivity index (χ1v) is 14.4. The topological polar surface area (TPSA) is 85.4 Å². The SMILES string of the molecule is Cc1cccc(OCC(C)C)c1-n1nc2c(c1-c1ccc(NC(N)=O)cc1)CN(Cc1ccc(Cl)cc1C(F)(F)F)CC2. The molecular weight excluding hydrogens is 579 g/mol. The van der Waals surface area contributed by atoms with Crippen LogP contribution >= 0.6 is 11.6 Å². The van der Waals surface area contributed by atoms with Crippen LogP contribution < -0.4 is 15.8 Å². The van der Waals surface area contributed by atoms with E-state index in [2.05, 4.69) is 19.2 Å². The molecule has 0 saturated carbocycles. The second-order valence-corrected chi connectivity index (χ2v) is 11.6. The van der Waals surface area contributed by atoms with Crippen LogP contribution in [0.5, 0.6) is 5.75 Å². The molecule has 2 amide bonds. The van der Waals surface area contributed by atoms with Gasteiger partial charge >= 0.3 is 12.2 Å². The number of anilines is 1. The first-order chi connectivity index (χ1) is 20.4. The molecule has 0 saturated heterocycles. The Balaban J connectivity index is 1.59. The van der Waals surface area contributed by atoms with E-state index in [1.54, 1.807) is 12.1 Å². The highest BCUT2D eigenvalue weighted by Gasteiger charge is 2.35. The summed E-state index contributed by atoms with van der Waals surface area (Å²) in [6.45, 7) is 7.70. The molecule has 226 valence electrons. The van der Waals surface area contributed by atoms with E-state index in [-0.39, 0.29) is 17.1 Å². The van der Waals surface area contributed by atoms with Gasteiger partial charge in [-0.1, -0.05) is 55.8 Å². The van der Waals surface area contributed by atoms with Gasteiger partial charge in [0.25, 0.3) is 0 Å². The summed E-state index contributed by atoms with van der Waals surface area (Å²) in [6, 6.07) is 16.3. The van der Waals surface area contributed by atoms with E-state index in [9.17, 15) is 18.0 Å². The molecule has 1 aliphatic heterocycles. The van der Waals surface area contributed by atoms with Crippen molar-refractivity contribution in [1.29, 1.82) is 0 Å². The van der Waals surface area contributed by atoms with Gasteiger partial charge in [0.1, 0.15) is 11.4 Å². The highest BCUT2D eigenvalue weighted by molar-refractivity contribution is 6.30. The minimum absolute atomic E-state index is 0.0450. The van der Waals surface area contributed by atoms with Crippen molar-refractivity contribution in [2.45, 2.75) is 46.5 Å². The number of aryl methyl sites for hydroxylation is 1. The summed E-state index contributed by atoms with van der Waals surface area (Å²) in [5.41, 5.74) is 10.5. The molecule has 0 unspecified atom stereocenters. The van der Waals surface area contributed by atoms with Gasteiger partial charge in [0.15, 0.2) is 0 Å². The van der Waals surface area contributed by atoms with Gasteiger partial charge in [0.2, 0.25) is 0 Å². The van der Waals surface area contributed by atoms with Crippen LogP contribution in [0.4, 0.5) is 23.7 Å². The second kappa shape index (κ2) is 12.3. The average molecular weight is 612 g/mol. The van der Waals surface area contributed by atoms with Crippen molar-refractivity contribution in [3.8, 4) is 22.7 Å². The van der Waals surface area contributed by atoms with Gasteiger partial charge in [-0.05, 0) is 54.3 Å². The number of hydrogen-bond donors (Lipinski definition) is 2. The van der Waals surface area contributed by atoms with Crippen LogP contribution in [0.3, 0.4) is 0 Å². The summed E-state index contributed by atoms with van der Waals surface area (Å²) >= 11 is 5.92. The number of nitrogens with zero attached hydrogens (tertiary/aromatic N) is 3. The molecule has 4 aromatic rings. The predicted molar refractivity (Wildman–Crippen MR) is 162 cm³/mol. The molecule has 0 bridgehead atoms. The van der Waals surface area contributed by atoms with Crippen LogP contribution in [0, 0.1) is 12.8 Å². The Hall–Kier alpha value is -4.02. The summed E-state index contributed by atoms with van der Waals surface area (Å²) in [7, 11) is 0. The standard InChI is InChI=1S/C32H33ClF3N5O2/c1-19(2)18-43-28-6-4-5-20(3)29(28)41-30(21-8-11-24(12-9-21)38-31(37)42)25-17-40(14-13-27(25)39-41)16-22-7-10-23(33)15-26(22)32(34,35)36/h4-12,15,19H,13-14,16-18H2,1-3H3,(H3,37,38,42). The first-order valence-electron chi connectivity index (χ1n) is 14.0. The third-order valence-corrected chi connectivity index (χ3v) is 7.53. The first kappa shape index (κ1) is 30.4. The normalized spacial score (nSPS) is 13.7. The fourth-order valence-electron chi connectivity index (χ4n) is 5.34. The molecule has 0 spiro atoms. The van der Waals surface area contributed by atoms with E-state index in [0.29, 0.717) is 43.5 Å². The lowest BCUT2D eigenvalue weighted by molar-refractivity contribution is -0.138. The molecule has 11 heteroatoms. The maximum absolute atomic E-state index is 13.9. The molecule has 7 nitrogen and oxygen atoms in total. The van der Waals surface area contributed by atoms with Crippen molar-refractivity contribution in [2.24, 2.45) is 11.7 Å². The number of amides is 2. The number of carbonyl (C=O) groups excluding carboxylic acids is 1. The second-order valence-electron chi connectivity index (χ2n) is 11.1. The Morgan fingerprint density at radius 3 is 2.56 bits per heavy atom. The zero-order valence-electron chi connectivity index (χ0n) is 24.1. The highest BCUT2D eigenvalue weighted by atomic mass is 35.5. The number of benzene rings is 3.